The van der Waals surface area contributed by atoms with Crippen molar-refractivity contribution in [3.63, 3.8) is 0 Å². The summed E-state index contributed by atoms with van der Waals surface area (Å²) in [5.41, 5.74) is 7.14. The fraction of sp³-hybridized carbons (Fsp3) is 0.650. The molecule has 0 aromatic heterocycles. The molecule has 0 unspecified atom stereocenters. The third-order valence-corrected chi connectivity index (χ3v) is 6.06. The lowest BCUT2D eigenvalue weighted by molar-refractivity contribution is -0.142. The van der Waals surface area contributed by atoms with Gasteiger partial charge in [0.05, 0.1) is 5.41 Å². The van der Waals surface area contributed by atoms with E-state index in [1.807, 2.05) is 6.07 Å². The van der Waals surface area contributed by atoms with Gasteiger partial charge in [-0.15, -0.1) is 12.4 Å². The van der Waals surface area contributed by atoms with E-state index in [9.17, 15) is 4.79 Å². The van der Waals surface area contributed by atoms with Gasteiger partial charge in [0.1, 0.15) is 0 Å². The third-order valence-electron chi connectivity index (χ3n) is 6.06. The second-order valence-electron chi connectivity index (χ2n) is 7.45. The van der Waals surface area contributed by atoms with Gasteiger partial charge in [-0.25, -0.2) is 0 Å². The highest BCUT2D eigenvalue weighted by Gasteiger charge is 2.46. The van der Waals surface area contributed by atoms with E-state index >= 15 is 0 Å². The highest BCUT2D eigenvalue weighted by Crippen LogP contribution is 2.44. The van der Waals surface area contributed by atoms with Crippen molar-refractivity contribution in [1.82, 2.24) is 4.90 Å². The Morgan fingerprint density at radius 1 is 1.24 bits per heavy atom. The molecular weight excluding hydrogens is 336 g/mol. The Morgan fingerprint density at radius 2 is 1.92 bits per heavy atom. The summed E-state index contributed by atoms with van der Waals surface area (Å²) in [6.07, 6.45) is 5.18. The normalized spacial score (nSPS) is 25.0. The molecule has 0 spiro atoms. The van der Waals surface area contributed by atoms with Gasteiger partial charge in [-0.3, -0.25) is 4.79 Å². The third kappa shape index (κ3) is 4.18. The Balaban J connectivity index is 0.00000225. The van der Waals surface area contributed by atoms with E-state index in [0.29, 0.717) is 30.9 Å². The largest absolute Gasteiger partial charge is 0.385 e. The van der Waals surface area contributed by atoms with Crippen molar-refractivity contribution in [1.29, 1.82) is 0 Å². The summed E-state index contributed by atoms with van der Waals surface area (Å²) in [6.45, 7) is 2.90. The zero-order valence-electron chi connectivity index (χ0n) is 15.2. The van der Waals surface area contributed by atoms with Crippen molar-refractivity contribution in [2.45, 2.75) is 38.0 Å². The molecule has 1 heterocycles. The minimum absolute atomic E-state index is 0. The summed E-state index contributed by atoms with van der Waals surface area (Å²) >= 11 is 0. The van der Waals surface area contributed by atoms with E-state index in [1.165, 1.54) is 5.56 Å². The lowest BCUT2D eigenvalue weighted by Gasteiger charge is -2.32. The molecule has 5 heteroatoms. The minimum atomic E-state index is -0.194. The predicted molar refractivity (Wildman–Crippen MR) is 103 cm³/mol. The molecule has 2 aliphatic rings. The van der Waals surface area contributed by atoms with Gasteiger partial charge in [-0.05, 0) is 37.3 Å². The number of amides is 1. The van der Waals surface area contributed by atoms with Gasteiger partial charge in [0, 0.05) is 32.7 Å². The van der Waals surface area contributed by atoms with Crippen molar-refractivity contribution in [3.05, 3.63) is 35.9 Å². The number of nitrogens with zero attached hydrogens (tertiary/aromatic N) is 1. The smallest absolute Gasteiger partial charge is 0.228 e. The van der Waals surface area contributed by atoms with E-state index in [0.717, 1.165) is 45.2 Å². The molecule has 1 aliphatic heterocycles. The molecule has 2 N–H and O–H groups in total. The van der Waals surface area contributed by atoms with Crippen LogP contribution in [-0.2, 0) is 9.53 Å². The van der Waals surface area contributed by atoms with Gasteiger partial charge >= 0.3 is 0 Å². The number of carbonyl (C=O) groups is 1. The van der Waals surface area contributed by atoms with Crippen LogP contribution in [0.4, 0.5) is 0 Å². The first-order valence-corrected chi connectivity index (χ1v) is 9.23. The molecule has 1 aromatic carbocycles. The fourth-order valence-electron chi connectivity index (χ4n) is 4.61. The van der Waals surface area contributed by atoms with Gasteiger partial charge in [0.25, 0.3) is 0 Å². The number of nitrogens with two attached hydrogens (primary N) is 1. The molecule has 1 aliphatic carbocycles. The van der Waals surface area contributed by atoms with E-state index in [4.69, 9.17) is 10.5 Å². The fourth-order valence-corrected chi connectivity index (χ4v) is 4.61. The van der Waals surface area contributed by atoms with Crippen LogP contribution in [0.2, 0.25) is 0 Å². The maximum absolute atomic E-state index is 13.3. The number of rotatable bonds is 6. The zero-order valence-corrected chi connectivity index (χ0v) is 16.0. The summed E-state index contributed by atoms with van der Waals surface area (Å²) in [5, 5.41) is 0. The second kappa shape index (κ2) is 9.02. The number of carbonyl (C=O) groups excluding carboxylic acids is 1. The first-order valence-electron chi connectivity index (χ1n) is 9.23. The Morgan fingerprint density at radius 3 is 2.52 bits per heavy atom. The Kier molecular flexibility index (Phi) is 7.29. The van der Waals surface area contributed by atoms with Gasteiger partial charge in [0.15, 0.2) is 0 Å². The van der Waals surface area contributed by atoms with Crippen molar-refractivity contribution in [2.75, 3.05) is 33.4 Å². The predicted octanol–water partition coefficient (Wildman–Crippen LogP) is 3.21. The van der Waals surface area contributed by atoms with Crippen LogP contribution in [-0.4, -0.2) is 44.2 Å². The van der Waals surface area contributed by atoms with Crippen LogP contribution in [0.1, 0.15) is 43.6 Å². The van der Waals surface area contributed by atoms with Gasteiger partial charge in [-0.2, -0.15) is 0 Å². The van der Waals surface area contributed by atoms with Crippen LogP contribution in [0.25, 0.3) is 0 Å². The van der Waals surface area contributed by atoms with E-state index < -0.39 is 0 Å². The molecule has 1 amide bonds. The van der Waals surface area contributed by atoms with Crippen LogP contribution in [0, 0.1) is 11.3 Å². The molecule has 2 atom stereocenters. The Hall–Kier alpha value is -1.10. The number of ether oxygens (including phenoxy) is 1. The van der Waals surface area contributed by atoms with Crippen LogP contribution >= 0.6 is 12.4 Å². The average molecular weight is 367 g/mol. The number of halogens is 1. The van der Waals surface area contributed by atoms with Crippen LogP contribution in [0.5, 0.6) is 0 Å². The van der Waals surface area contributed by atoms with Gasteiger partial charge < -0.3 is 15.4 Å². The number of hydrogen-bond donors (Lipinski definition) is 1. The molecule has 0 bridgehead atoms. The first kappa shape index (κ1) is 20.2. The van der Waals surface area contributed by atoms with Crippen molar-refractivity contribution in [2.24, 2.45) is 17.1 Å². The summed E-state index contributed by atoms with van der Waals surface area (Å²) in [7, 11) is 1.72. The number of hydrogen-bond acceptors (Lipinski definition) is 3. The second-order valence-corrected chi connectivity index (χ2v) is 7.45. The molecule has 1 aromatic rings. The van der Waals surface area contributed by atoms with Crippen molar-refractivity contribution < 1.29 is 9.53 Å². The summed E-state index contributed by atoms with van der Waals surface area (Å²) in [4.78, 5) is 15.4. The quantitative estimate of drug-likeness (QED) is 0.841. The van der Waals surface area contributed by atoms with Crippen LogP contribution in [0.15, 0.2) is 30.3 Å². The maximum atomic E-state index is 13.3. The summed E-state index contributed by atoms with van der Waals surface area (Å²) in [6, 6.07) is 10.5. The zero-order chi connectivity index (χ0) is 17.0. The number of likely N-dealkylation sites (tertiary alicyclic amines) is 1. The first-order chi connectivity index (χ1) is 11.7. The van der Waals surface area contributed by atoms with E-state index in [-0.39, 0.29) is 17.8 Å². The van der Waals surface area contributed by atoms with Crippen LogP contribution in [0.3, 0.4) is 0 Å². The molecule has 4 nitrogen and oxygen atoms in total. The lowest BCUT2D eigenvalue weighted by Crippen LogP contribution is -2.42. The molecule has 1 saturated carbocycles. The van der Waals surface area contributed by atoms with Gasteiger partial charge in [-0.1, -0.05) is 43.2 Å². The number of methoxy groups -OCH3 is 1. The van der Waals surface area contributed by atoms with Gasteiger partial charge in [0.2, 0.25) is 5.91 Å². The monoisotopic (exact) mass is 366 g/mol. The molecule has 0 radical (unpaired) electrons. The number of benzene rings is 1. The summed E-state index contributed by atoms with van der Waals surface area (Å²) < 4.78 is 5.28. The van der Waals surface area contributed by atoms with Crippen molar-refractivity contribution >= 4 is 18.3 Å². The topological polar surface area (TPSA) is 55.6 Å². The van der Waals surface area contributed by atoms with Crippen LogP contribution < -0.4 is 5.73 Å². The molecule has 2 fully saturated rings. The maximum Gasteiger partial charge on any atom is 0.228 e. The van der Waals surface area contributed by atoms with E-state index in [1.54, 1.807) is 7.11 Å². The molecular formula is C20H31ClN2O2. The van der Waals surface area contributed by atoms with E-state index in [2.05, 4.69) is 29.2 Å². The highest BCUT2D eigenvalue weighted by atomic mass is 35.5. The molecule has 1 saturated heterocycles. The Labute approximate surface area is 157 Å². The van der Waals surface area contributed by atoms with Crippen molar-refractivity contribution in [3.8, 4) is 0 Å². The minimum Gasteiger partial charge on any atom is -0.385 e. The molecule has 140 valence electrons. The standard InChI is InChI=1S/C20H30N2O2.ClH/c1-24-12-11-20(9-5-6-10-20)19(23)22-14-17(13-21)18(15-22)16-7-3-2-4-8-16;/h2-4,7-8,17-18H,5-6,9-15,21H2,1H3;1H/t17-,18+;/m1./s1. The molecule has 3 rings (SSSR count). The summed E-state index contributed by atoms with van der Waals surface area (Å²) in [5.74, 6) is 1.06. The highest BCUT2D eigenvalue weighted by molar-refractivity contribution is 5.85. The Bertz CT molecular complexity index is 546. The molecule has 25 heavy (non-hydrogen) atoms. The average Bonchev–Trinajstić information content (AvgIpc) is 3.28. The lowest BCUT2D eigenvalue weighted by atomic mass is 9.81. The SMILES string of the molecule is COCCC1(C(=O)N2C[C@@H](CN)[C@H](c3ccccc3)C2)CCCC1.Cl.